The van der Waals surface area contributed by atoms with Gasteiger partial charge in [0, 0.05) is 38.8 Å². The van der Waals surface area contributed by atoms with Gasteiger partial charge in [-0.3, -0.25) is 4.90 Å². The second kappa shape index (κ2) is 6.38. The molecule has 7 heteroatoms. The minimum Gasteiger partial charge on any atom is -0.380 e. The highest BCUT2D eigenvalue weighted by molar-refractivity contribution is 5.61. The molecule has 0 N–H and O–H groups in total. The number of hydrogen-bond acceptors (Lipinski definition) is 4. The Labute approximate surface area is 133 Å². The van der Waals surface area contributed by atoms with Crippen LogP contribution in [-0.2, 0) is 10.9 Å². The minimum absolute atomic E-state index is 0.0810. The molecule has 1 aromatic carbocycles. The summed E-state index contributed by atoms with van der Waals surface area (Å²) in [5.41, 5.74) is -0.111. The maximum absolute atomic E-state index is 12.8. The van der Waals surface area contributed by atoms with Crippen molar-refractivity contribution in [3.8, 4) is 6.07 Å². The van der Waals surface area contributed by atoms with Crippen LogP contribution in [0.1, 0.15) is 17.5 Å². The number of halogens is 3. The van der Waals surface area contributed by atoms with Crippen LogP contribution in [0.4, 0.5) is 18.9 Å². The van der Waals surface area contributed by atoms with E-state index in [1.54, 1.807) is 0 Å². The molecule has 23 heavy (non-hydrogen) atoms. The van der Waals surface area contributed by atoms with Gasteiger partial charge in [-0.25, -0.2) is 0 Å². The van der Waals surface area contributed by atoms with E-state index in [0.717, 1.165) is 44.9 Å². The number of rotatable bonds is 2. The average molecular weight is 325 g/mol. The molecular weight excluding hydrogens is 307 g/mol. The predicted octanol–water partition coefficient (Wildman–Crippen LogP) is 2.49. The van der Waals surface area contributed by atoms with E-state index in [2.05, 4.69) is 4.90 Å². The van der Waals surface area contributed by atoms with Crippen molar-refractivity contribution < 1.29 is 17.9 Å². The standard InChI is InChI=1S/C16H18F3N3O/c17-16(18,19)13-1-2-15(12(9-13)10-20)22-6-4-21(5-7-22)14-3-8-23-11-14/h1-2,9,14H,3-8,11H2. The quantitative estimate of drug-likeness (QED) is 0.837. The molecule has 2 heterocycles. The second-order valence-electron chi connectivity index (χ2n) is 5.88. The van der Waals surface area contributed by atoms with Crippen LogP contribution in [0.5, 0.6) is 0 Å². The minimum atomic E-state index is -4.43. The van der Waals surface area contributed by atoms with Gasteiger partial charge in [-0.2, -0.15) is 18.4 Å². The highest BCUT2D eigenvalue weighted by Gasteiger charge is 2.32. The summed E-state index contributed by atoms with van der Waals surface area (Å²) in [6.45, 7) is 4.62. The number of alkyl halides is 3. The van der Waals surface area contributed by atoms with Crippen LogP contribution in [0.3, 0.4) is 0 Å². The number of piperazine rings is 1. The van der Waals surface area contributed by atoms with Gasteiger partial charge in [0.2, 0.25) is 0 Å². The molecule has 0 bridgehead atoms. The molecule has 2 aliphatic rings. The summed E-state index contributed by atoms with van der Waals surface area (Å²) in [4.78, 5) is 4.35. The zero-order chi connectivity index (χ0) is 16.4. The Morgan fingerprint density at radius 3 is 2.48 bits per heavy atom. The fourth-order valence-electron chi connectivity index (χ4n) is 3.22. The summed E-state index contributed by atoms with van der Waals surface area (Å²) in [6.07, 6.45) is -3.39. The Balaban J connectivity index is 1.71. The lowest BCUT2D eigenvalue weighted by atomic mass is 10.1. The monoisotopic (exact) mass is 325 g/mol. The van der Waals surface area contributed by atoms with Crippen molar-refractivity contribution in [1.29, 1.82) is 5.26 Å². The third kappa shape index (κ3) is 3.43. The molecule has 2 saturated heterocycles. The first-order chi connectivity index (χ1) is 11.0. The first-order valence-corrected chi connectivity index (χ1v) is 7.67. The number of anilines is 1. The summed E-state index contributed by atoms with van der Waals surface area (Å²) >= 11 is 0. The van der Waals surface area contributed by atoms with Crippen molar-refractivity contribution in [2.75, 3.05) is 44.3 Å². The topological polar surface area (TPSA) is 39.5 Å². The SMILES string of the molecule is N#Cc1cc(C(F)(F)F)ccc1N1CCN(C2CCOC2)CC1. The smallest absolute Gasteiger partial charge is 0.380 e. The van der Waals surface area contributed by atoms with E-state index in [1.165, 1.54) is 6.07 Å². The lowest BCUT2D eigenvalue weighted by molar-refractivity contribution is -0.137. The lowest BCUT2D eigenvalue weighted by Gasteiger charge is -2.39. The molecule has 3 rings (SSSR count). The number of hydrogen-bond donors (Lipinski definition) is 0. The molecular formula is C16H18F3N3O. The summed E-state index contributed by atoms with van der Waals surface area (Å²) in [6, 6.07) is 5.74. The van der Waals surface area contributed by atoms with E-state index in [9.17, 15) is 18.4 Å². The summed E-state index contributed by atoms with van der Waals surface area (Å²) in [5.74, 6) is 0. The van der Waals surface area contributed by atoms with Crippen molar-refractivity contribution in [2.24, 2.45) is 0 Å². The van der Waals surface area contributed by atoms with Crippen LogP contribution >= 0.6 is 0 Å². The van der Waals surface area contributed by atoms with E-state index in [-0.39, 0.29) is 5.56 Å². The third-order valence-electron chi connectivity index (χ3n) is 4.52. The molecule has 2 fully saturated rings. The van der Waals surface area contributed by atoms with E-state index in [4.69, 9.17) is 4.74 Å². The number of nitriles is 1. The van der Waals surface area contributed by atoms with Gasteiger partial charge in [0.1, 0.15) is 6.07 Å². The molecule has 1 unspecified atom stereocenters. The Kier molecular flexibility index (Phi) is 4.46. The molecule has 0 saturated carbocycles. The number of benzene rings is 1. The van der Waals surface area contributed by atoms with Crippen LogP contribution in [-0.4, -0.2) is 50.3 Å². The van der Waals surface area contributed by atoms with Crippen LogP contribution < -0.4 is 4.90 Å². The maximum atomic E-state index is 12.8. The molecule has 1 aromatic rings. The molecule has 0 radical (unpaired) electrons. The summed E-state index contributed by atoms with van der Waals surface area (Å²) in [7, 11) is 0. The van der Waals surface area contributed by atoms with Gasteiger partial charge in [0.15, 0.2) is 0 Å². The van der Waals surface area contributed by atoms with Crippen molar-refractivity contribution >= 4 is 5.69 Å². The summed E-state index contributed by atoms with van der Waals surface area (Å²) in [5, 5.41) is 9.19. The lowest BCUT2D eigenvalue weighted by Crippen LogP contribution is -2.50. The van der Waals surface area contributed by atoms with E-state index in [1.807, 2.05) is 11.0 Å². The maximum Gasteiger partial charge on any atom is 0.416 e. The van der Waals surface area contributed by atoms with Gasteiger partial charge in [0.05, 0.1) is 23.4 Å². The van der Waals surface area contributed by atoms with E-state index >= 15 is 0 Å². The van der Waals surface area contributed by atoms with Gasteiger partial charge in [-0.1, -0.05) is 0 Å². The van der Waals surface area contributed by atoms with E-state index < -0.39 is 11.7 Å². The van der Waals surface area contributed by atoms with Crippen LogP contribution in [0.25, 0.3) is 0 Å². The summed E-state index contributed by atoms with van der Waals surface area (Å²) < 4.78 is 43.7. The van der Waals surface area contributed by atoms with Gasteiger partial charge in [-0.05, 0) is 24.6 Å². The zero-order valence-corrected chi connectivity index (χ0v) is 12.6. The second-order valence-corrected chi connectivity index (χ2v) is 5.88. The molecule has 1 atom stereocenters. The molecule has 0 spiro atoms. The third-order valence-corrected chi connectivity index (χ3v) is 4.52. The Bertz CT molecular complexity index is 598. The zero-order valence-electron chi connectivity index (χ0n) is 12.6. The van der Waals surface area contributed by atoms with Gasteiger partial charge >= 0.3 is 6.18 Å². The fraction of sp³-hybridized carbons (Fsp3) is 0.562. The Morgan fingerprint density at radius 1 is 1.17 bits per heavy atom. The van der Waals surface area contributed by atoms with E-state index in [0.29, 0.717) is 24.8 Å². The van der Waals surface area contributed by atoms with Gasteiger partial charge < -0.3 is 9.64 Å². The van der Waals surface area contributed by atoms with Crippen LogP contribution in [0, 0.1) is 11.3 Å². The average Bonchev–Trinajstić information content (AvgIpc) is 3.08. The molecule has 4 nitrogen and oxygen atoms in total. The molecule has 0 aliphatic carbocycles. The highest BCUT2D eigenvalue weighted by atomic mass is 19.4. The fourth-order valence-corrected chi connectivity index (χ4v) is 3.22. The van der Waals surface area contributed by atoms with Crippen molar-refractivity contribution in [3.63, 3.8) is 0 Å². The van der Waals surface area contributed by atoms with Crippen LogP contribution in [0.2, 0.25) is 0 Å². The number of ether oxygens (including phenoxy) is 1. The van der Waals surface area contributed by atoms with Crippen molar-refractivity contribution in [3.05, 3.63) is 29.3 Å². The Hall–Kier alpha value is -1.78. The van der Waals surface area contributed by atoms with Crippen molar-refractivity contribution in [2.45, 2.75) is 18.6 Å². The first kappa shape index (κ1) is 16.1. The first-order valence-electron chi connectivity index (χ1n) is 7.67. The van der Waals surface area contributed by atoms with Gasteiger partial charge in [0.25, 0.3) is 0 Å². The molecule has 2 aliphatic heterocycles. The predicted molar refractivity (Wildman–Crippen MR) is 79.2 cm³/mol. The Morgan fingerprint density at radius 2 is 1.91 bits per heavy atom. The largest absolute Gasteiger partial charge is 0.416 e. The van der Waals surface area contributed by atoms with Crippen molar-refractivity contribution in [1.82, 2.24) is 4.90 Å². The molecule has 0 aromatic heterocycles. The van der Waals surface area contributed by atoms with Crippen LogP contribution in [0.15, 0.2) is 18.2 Å². The molecule has 0 amide bonds. The van der Waals surface area contributed by atoms with Gasteiger partial charge in [-0.15, -0.1) is 0 Å². The molecule has 124 valence electrons. The normalized spacial score (nSPS) is 23.0. The number of nitrogens with zero attached hydrogens (tertiary/aromatic N) is 3. The highest BCUT2D eigenvalue weighted by Crippen LogP contribution is 2.33.